The van der Waals surface area contributed by atoms with Crippen molar-refractivity contribution in [2.75, 3.05) is 14.2 Å². The number of halogens is 1. The molecule has 3 aromatic rings. The van der Waals surface area contributed by atoms with Gasteiger partial charge in [-0.15, -0.1) is 0 Å². The van der Waals surface area contributed by atoms with Crippen molar-refractivity contribution in [3.8, 4) is 11.5 Å². The van der Waals surface area contributed by atoms with Gasteiger partial charge in [-0.1, -0.05) is 29.8 Å². The number of nitrogens with zero attached hydrogens (tertiary/aromatic N) is 2. The number of carbonyl (C=O) groups is 2. The predicted octanol–water partition coefficient (Wildman–Crippen LogP) is 4.37. The molecule has 168 valence electrons. The maximum atomic E-state index is 13.1. The molecule has 1 atom stereocenters. The van der Waals surface area contributed by atoms with Gasteiger partial charge in [-0.25, -0.2) is 0 Å². The van der Waals surface area contributed by atoms with Gasteiger partial charge in [-0.05, 0) is 47.5 Å². The van der Waals surface area contributed by atoms with Crippen molar-refractivity contribution in [2.45, 2.75) is 12.6 Å². The second-order valence-electron chi connectivity index (χ2n) is 7.41. The third kappa shape index (κ3) is 4.27. The van der Waals surface area contributed by atoms with E-state index in [-0.39, 0.29) is 17.9 Å². The Labute approximate surface area is 195 Å². The van der Waals surface area contributed by atoms with E-state index in [1.54, 1.807) is 62.0 Å². The van der Waals surface area contributed by atoms with Crippen molar-refractivity contribution in [1.29, 1.82) is 0 Å². The molecule has 4 rings (SSSR count). The number of pyridine rings is 1. The normalized spacial score (nSPS) is 17.3. The minimum atomic E-state index is -0.808. The Kier molecular flexibility index (Phi) is 6.33. The quantitative estimate of drug-likeness (QED) is 0.331. The van der Waals surface area contributed by atoms with Crippen LogP contribution in [0.2, 0.25) is 5.02 Å². The van der Waals surface area contributed by atoms with Crippen LogP contribution in [0, 0.1) is 0 Å². The van der Waals surface area contributed by atoms with Gasteiger partial charge in [-0.2, -0.15) is 0 Å². The Morgan fingerprint density at radius 3 is 2.48 bits per heavy atom. The fourth-order valence-corrected chi connectivity index (χ4v) is 4.02. The molecule has 1 aliphatic heterocycles. The molecule has 1 amide bonds. The summed E-state index contributed by atoms with van der Waals surface area (Å²) in [5.74, 6) is -0.817. The summed E-state index contributed by atoms with van der Waals surface area (Å²) in [6, 6.07) is 14.4. The number of ether oxygens (including phenoxy) is 2. The first-order chi connectivity index (χ1) is 15.9. The van der Waals surface area contributed by atoms with E-state index >= 15 is 0 Å². The zero-order chi connectivity index (χ0) is 23.5. The molecule has 33 heavy (non-hydrogen) atoms. The molecule has 1 aromatic heterocycles. The standard InChI is InChI=1S/C25H21ClN2O5/c1-32-18-8-5-16(6-9-18)22-21(23(29)17-7-10-19(26)20(12-17)33-2)24(30)25(31)28(22)14-15-4-3-11-27-13-15/h3-13,22,29H,14H2,1-2H3/b23-21-. The van der Waals surface area contributed by atoms with E-state index in [1.807, 2.05) is 6.07 Å². The molecule has 2 aromatic carbocycles. The summed E-state index contributed by atoms with van der Waals surface area (Å²) < 4.78 is 10.5. The highest BCUT2D eigenvalue weighted by Crippen LogP contribution is 2.41. The molecule has 2 heterocycles. The van der Waals surface area contributed by atoms with E-state index in [1.165, 1.54) is 18.1 Å². The van der Waals surface area contributed by atoms with Crippen molar-refractivity contribution >= 4 is 29.1 Å². The molecule has 1 fully saturated rings. The van der Waals surface area contributed by atoms with Gasteiger partial charge in [0.1, 0.15) is 17.3 Å². The molecule has 1 aliphatic rings. The molecule has 7 nitrogen and oxygen atoms in total. The number of Topliss-reactive ketones (excluding diaryl/α,β-unsaturated/α-hetero) is 1. The zero-order valence-electron chi connectivity index (χ0n) is 18.0. The number of aliphatic hydroxyl groups excluding tert-OH is 1. The summed E-state index contributed by atoms with van der Waals surface area (Å²) in [7, 11) is 3.01. The van der Waals surface area contributed by atoms with Crippen LogP contribution in [0.5, 0.6) is 11.5 Å². The molecule has 0 spiro atoms. The summed E-state index contributed by atoms with van der Waals surface area (Å²) >= 11 is 6.11. The van der Waals surface area contributed by atoms with Gasteiger partial charge in [0.05, 0.1) is 30.9 Å². The predicted molar refractivity (Wildman–Crippen MR) is 123 cm³/mol. The fraction of sp³-hybridized carbons (Fsp3) is 0.160. The van der Waals surface area contributed by atoms with Gasteiger partial charge in [-0.3, -0.25) is 14.6 Å². The molecule has 0 radical (unpaired) electrons. The molecule has 1 N–H and O–H groups in total. The van der Waals surface area contributed by atoms with Crippen LogP contribution in [0.25, 0.3) is 5.76 Å². The van der Waals surface area contributed by atoms with E-state index < -0.39 is 17.7 Å². The Morgan fingerprint density at radius 1 is 1.09 bits per heavy atom. The third-order valence-corrected chi connectivity index (χ3v) is 5.78. The smallest absolute Gasteiger partial charge is 0.295 e. The van der Waals surface area contributed by atoms with Crippen LogP contribution in [0.4, 0.5) is 0 Å². The maximum Gasteiger partial charge on any atom is 0.295 e. The number of methoxy groups -OCH3 is 2. The molecular weight excluding hydrogens is 444 g/mol. The average molecular weight is 465 g/mol. The Bertz CT molecular complexity index is 1230. The number of benzene rings is 2. The van der Waals surface area contributed by atoms with Gasteiger partial charge in [0.15, 0.2) is 0 Å². The van der Waals surface area contributed by atoms with Crippen LogP contribution in [-0.2, 0) is 16.1 Å². The fourth-order valence-electron chi connectivity index (χ4n) is 3.83. The van der Waals surface area contributed by atoms with Gasteiger partial charge >= 0.3 is 0 Å². The maximum absolute atomic E-state index is 13.1. The number of aliphatic hydroxyl groups is 1. The van der Waals surface area contributed by atoms with Crippen molar-refractivity contribution in [3.05, 3.63) is 94.3 Å². The molecule has 1 saturated heterocycles. The topological polar surface area (TPSA) is 89.0 Å². The van der Waals surface area contributed by atoms with E-state index in [2.05, 4.69) is 4.98 Å². The number of hydrogen-bond acceptors (Lipinski definition) is 6. The number of carbonyl (C=O) groups excluding carboxylic acids is 2. The van der Waals surface area contributed by atoms with Crippen molar-refractivity contribution < 1.29 is 24.2 Å². The molecule has 0 bridgehead atoms. The minimum absolute atomic E-state index is 0.0153. The highest BCUT2D eigenvalue weighted by atomic mass is 35.5. The Balaban J connectivity index is 1.86. The molecule has 0 aliphatic carbocycles. The van der Waals surface area contributed by atoms with Crippen LogP contribution in [0.1, 0.15) is 22.7 Å². The molecule has 8 heteroatoms. The SMILES string of the molecule is COc1ccc(C2/C(=C(/O)c3ccc(Cl)c(OC)c3)C(=O)C(=O)N2Cc2cccnc2)cc1. The largest absolute Gasteiger partial charge is 0.507 e. The Hall–Kier alpha value is -3.84. The highest BCUT2D eigenvalue weighted by molar-refractivity contribution is 6.46. The summed E-state index contributed by atoms with van der Waals surface area (Å²) in [5, 5.41) is 11.5. The second-order valence-corrected chi connectivity index (χ2v) is 7.82. The van der Waals surface area contributed by atoms with Crippen molar-refractivity contribution in [3.63, 3.8) is 0 Å². The number of likely N-dealkylation sites (tertiary alicyclic amines) is 1. The molecule has 1 unspecified atom stereocenters. The number of hydrogen-bond donors (Lipinski definition) is 1. The molecular formula is C25H21ClN2O5. The summed E-state index contributed by atoms with van der Waals surface area (Å²) in [6.45, 7) is 0.149. The lowest BCUT2D eigenvalue weighted by Gasteiger charge is -2.25. The summed E-state index contributed by atoms with van der Waals surface area (Å²) in [5.41, 5.74) is 1.71. The first-order valence-electron chi connectivity index (χ1n) is 10.1. The lowest BCUT2D eigenvalue weighted by atomic mass is 9.95. The monoisotopic (exact) mass is 464 g/mol. The van der Waals surface area contributed by atoms with Gasteiger partial charge in [0.25, 0.3) is 11.7 Å². The minimum Gasteiger partial charge on any atom is -0.507 e. The van der Waals surface area contributed by atoms with E-state index in [4.69, 9.17) is 21.1 Å². The van der Waals surface area contributed by atoms with Crippen LogP contribution in [0.15, 0.2) is 72.6 Å². The lowest BCUT2D eigenvalue weighted by Crippen LogP contribution is -2.29. The first kappa shape index (κ1) is 22.4. The highest BCUT2D eigenvalue weighted by Gasteiger charge is 2.46. The Morgan fingerprint density at radius 2 is 1.85 bits per heavy atom. The second kappa shape index (κ2) is 9.34. The molecule has 0 saturated carbocycles. The van der Waals surface area contributed by atoms with E-state index in [0.717, 1.165) is 5.56 Å². The van der Waals surface area contributed by atoms with Gasteiger partial charge in [0, 0.05) is 24.5 Å². The van der Waals surface area contributed by atoms with Crippen LogP contribution < -0.4 is 9.47 Å². The zero-order valence-corrected chi connectivity index (χ0v) is 18.7. The van der Waals surface area contributed by atoms with Crippen LogP contribution >= 0.6 is 11.6 Å². The van der Waals surface area contributed by atoms with Gasteiger partial charge < -0.3 is 19.5 Å². The van der Waals surface area contributed by atoms with E-state index in [9.17, 15) is 14.7 Å². The van der Waals surface area contributed by atoms with Crippen LogP contribution in [-0.4, -0.2) is 40.9 Å². The number of aromatic nitrogens is 1. The van der Waals surface area contributed by atoms with Crippen molar-refractivity contribution in [1.82, 2.24) is 9.88 Å². The van der Waals surface area contributed by atoms with E-state index in [0.29, 0.717) is 27.6 Å². The summed E-state index contributed by atoms with van der Waals surface area (Å²) in [4.78, 5) is 31.7. The van der Waals surface area contributed by atoms with Crippen LogP contribution in [0.3, 0.4) is 0 Å². The first-order valence-corrected chi connectivity index (χ1v) is 10.5. The summed E-state index contributed by atoms with van der Waals surface area (Å²) in [6.07, 6.45) is 3.26. The third-order valence-electron chi connectivity index (χ3n) is 5.47. The number of rotatable bonds is 6. The van der Waals surface area contributed by atoms with Gasteiger partial charge in [0.2, 0.25) is 0 Å². The van der Waals surface area contributed by atoms with Crippen molar-refractivity contribution in [2.24, 2.45) is 0 Å². The lowest BCUT2D eigenvalue weighted by molar-refractivity contribution is -0.140. The average Bonchev–Trinajstić information content (AvgIpc) is 3.09. The number of ketones is 1. The number of amides is 1.